The topological polar surface area (TPSA) is 56.2 Å². The molecule has 0 fully saturated rings. The molecule has 0 aliphatic carbocycles. The quantitative estimate of drug-likeness (QED) is 0.355. The smallest absolute Gasteiger partial charge is 0.512 e. The van der Waals surface area contributed by atoms with E-state index in [4.69, 9.17) is 14.7 Å². The van der Waals surface area contributed by atoms with E-state index in [1.807, 2.05) is 26.0 Å². The molecule has 1 rings (SSSR count). The highest BCUT2D eigenvalue weighted by molar-refractivity contribution is 6.33. The highest BCUT2D eigenvalue weighted by atomic mass is 16.6. The predicted molar refractivity (Wildman–Crippen MR) is 141 cm³/mol. The molecule has 0 spiro atoms. The van der Waals surface area contributed by atoms with E-state index in [1.54, 1.807) is 6.07 Å². The van der Waals surface area contributed by atoms with Crippen molar-refractivity contribution in [2.75, 3.05) is 39.3 Å². The van der Waals surface area contributed by atoms with Crippen LogP contribution in [0.2, 0.25) is 0 Å². The van der Waals surface area contributed by atoms with E-state index >= 15 is 0 Å². The van der Waals surface area contributed by atoms with Gasteiger partial charge in [0.15, 0.2) is 0 Å². The van der Waals surface area contributed by atoms with Gasteiger partial charge < -0.3 is 24.5 Å². The van der Waals surface area contributed by atoms with Crippen LogP contribution >= 0.6 is 0 Å². The third-order valence-corrected chi connectivity index (χ3v) is 4.80. The Morgan fingerprint density at radius 2 is 1.00 bits per heavy atom. The molecule has 0 aromatic heterocycles. The summed E-state index contributed by atoms with van der Waals surface area (Å²) in [5, 5.41) is 17.1. The summed E-state index contributed by atoms with van der Waals surface area (Å²) >= 11 is 0. The van der Waals surface area contributed by atoms with Gasteiger partial charge in [0.05, 0.1) is 0 Å². The van der Waals surface area contributed by atoms with E-state index < -0.39 is 7.32 Å². The van der Waals surface area contributed by atoms with E-state index in [1.165, 1.54) is 77.8 Å². The van der Waals surface area contributed by atoms with Gasteiger partial charge in [-0.05, 0) is 103 Å². The van der Waals surface area contributed by atoms with Crippen molar-refractivity contribution in [1.29, 1.82) is 0 Å². The van der Waals surface area contributed by atoms with Crippen LogP contribution in [0.4, 0.5) is 0 Å². The van der Waals surface area contributed by atoms with Crippen LogP contribution in [0.25, 0.3) is 0 Å². The van der Waals surface area contributed by atoms with Gasteiger partial charge in [-0.15, -0.1) is 0 Å². The van der Waals surface area contributed by atoms with Gasteiger partial charge >= 0.3 is 7.32 Å². The van der Waals surface area contributed by atoms with Gasteiger partial charge in [-0.25, -0.2) is 0 Å². The standard InChI is InChI=1S/2C9H21N.C8H11BO3/c2*1-4-7-10(8-5-2)9-6-3;1-6-3-4-8(7(2)5-6)12-9(10)11/h2*4-9H2,1-3H3;3-5,10-11H,1-2H3. The molecule has 0 amide bonds. The average molecular weight is 453 g/mol. The van der Waals surface area contributed by atoms with Gasteiger partial charge in [0.1, 0.15) is 5.75 Å². The molecule has 0 radical (unpaired) electrons. The molecule has 5 nitrogen and oxygen atoms in total. The molecule has 6 heteroatoms. The van der Waals surface area contributed by atoms with Crippen LogP contribution in [0.3, 0.4) is 0 Å². The molecule has 0 unspecified atom stereocenters. The minimum Gasteiger partial charge on any atom is -0.512 e. The molecule has 1 aromatic carbocycles. The van der Waals surface area contributed by atoms with Crippen molar-refractivity contribution in [3.63, 3.8) is 0 Å². The van der Waals surface area contributed by atoms with Gasteiger partial charge in [-0.1, -0.05) is 59.2 Å². The molecule has 188 valence electrons. The lowest BCUT2D eigenvalue weighted by molar-refractivity contribution is 0.275. The molecule has 0 heterocycles. The first-order valence-corrected chi connectivity index (χ1v) is 12.8. The monoisotopic (exact) mass is 452 g/mol. The zero-order valence-electron chi connectivity index (χ0n) is 22.5. The van der Waals surface area contributed by atoms with Crippen molar-refractivity contribution in [1.82, 2.24) is 9.80 Å². The fourth-order valence-electron chi connectivity index (χ4n) is 3.61. The first kappa shape index (κ1) is 33.1. The van der Waals surface area contributed by atoms with Crippen LogP contribution in [0, 0.1) is 13.8 Å². The minimum atomic E-state index is -1.74. The number of aryl methyl sites for hydroxylation is 2. The molecular formula is C26H53BN2O3. The second-order valence-electron chi connectivity index (χ2n) is 8.40. The number of nitrogens with zero attached hydrogens (tertiary/aromatic N) is 2. The fourth-order valence-corrected chi connectivity index (χ4v) is 3.61. The molecule has 2 N–H and O–H groups in total. The summed E-state index contributed by atoms with van der Waals surface area (Å²) in [7, 11) is -1.74. The molecule has 0 aliphatic rings. The summed E-state index contributed by atoms with van der Waals surface area (Å²) < 4.78 is 4.71. The van der Waals surface area contributed by atoms with Crippen LogP contribution in [-0.4, -0.2) is 66.4 Å². The SMILES string of the molecule is CCCN(CCC)CCC.CCCN(CCC)CCC.Cc1ccc(OB(O)O)c(C)c1. The Labute approximate surface area is 200 Å². The Bertz CT molecular complexity index is 483. The molecular weight excluding hydrogens is 399 g/mol. The van der Waals surface area contributed by atoms with Gasteiger partial charge in [0.25, 0.3) is 0 Å². The first-order chi connectivity index (χ1) is 15.3. The second kappa shape index (κ2) is 23.1. The largest absolute Gasteiger partial charge is 0.707 e. The number of hydrogen-bond acceptors (Lipinski definition) is 5. The number of rotatable bonds is 14. The van der Waals surface area contributed by atoms with Crippen molar-refractivity contribution in [2.45, 2.75) is 93.9 Å². The summed E-state index contributed by atoms with van der Waals surface area (Å²) in [6.07, 6.45) is 7.75. The molecule has 0 saturated carbocycles. The lowest BCUT2D eigenvalue weighted by atomic mass is 10.1. The Morgan fingerprint density at radius 1 is 0.656 bits per heavy atom. The minimum absolute atomic E-state index is 0.496. The van der Waals surface area contributed by atoms with E-state index in [-0.39, 0.29) is 0 Å². The van der Waals surface area contributed by atoms with Crippen molar-refractivity contribution < 1.29 is 14.7 Å². The Hall–Kier alpha value is -1.08. The maximum Gasteiger partial charge on any atom is 0.707 e. The van der Waals surface area contributed by atoms with Crippen molar-refractivity contribution in [3.05, 3.63) is 29.3 Å². The average Bonchev–Trinajstić information content (AvgIpc) is 2.72. The van der Waals surface area contributed by atoms with Crippen LogP contribution in [-0.2, 0) is 0 Å². The Balaban J connectivity index is 0. The normalized spacial score (nSPS) is 10.4. The Kier molecular flexibility index (Phi) is 23.9. The molecule has 1 aromatic rings. The van der Waals surface area contributed by atoms with Crippen LogP contribution in [0.5, 0.6) is 5.75 Å². The zero-order valence-corrected chi connectivity index (χ0v) is 22.5. The summed E-state index contributed by atoms with van der Waals surface area (Å²) in [5.41, 5.74) is 2.01. The second-order valence-corrected chi connectivity index (χ2v) is 8.40. The molecule has 0 atom stereocenters. The lowest BCUT2D eigenvalue weighted by Gasteiger charge is -2.19. The first-order valence-electron chi connectivity index (χ1n) is 12.8. The van der Waals surface area contributed by atoms with Crippen molar-refractivity contribution >= 4 is 7.32 Å². The van der Waals surface area contributed by atoms with Crippen LogP contribution in [0.1, 0.15) is 91.2 Å². The zero-order chi connectivity index (χ0) is 24.8. The van der Waals surface area contributed by atoms with Gasteiger partial charge in [0.2, 0.25) is 0 Å². The van der Waals surface area contributed by atoms with E-state index in [2.05, 4.69) is 51.3 Å². The highest BCUT2D eigenvalue weighted by Crippen LogP contribution is 2.18. The Morgan fingerprint density at radius 3 is 1.25 bits per heavy atom. The lowest BCUT2D eigenvalue weighted by Crippen LogP contribution is -2.26. The van der Waals surface area contributed by atoms with E-state index in [9.17, 15) is 0 Å². The third kappa shape index (κ3) is 19.6. The highest BCUT2D eigenvalue weighted by Gasteiger charge is 2.12. The fraction of sp³-hybridized carbons (Fsp3) is 0.769. The molecule has 0 aliphatic heterocycles. The number of hydrogen-bond donors (Lipinski definition) is 2. The van der Waals surface area contributed by atoms with Crippen molar-refractivity contribution in [3.8, 4) is 5.75 Å². The summed E-state index contributed by atoms with van der Waals surface area (Å²) in [6.45, 7) is 25.0. The summed E-state index contributed by atoms with van der Waals surface area (Å²) in [5.74, 6) is 0.496. The van der Waals surface area contributed by atoms with Crippen LogP contribution in [0.15, 0.2) is 18.2 Å². The van der Waals surface area contributed by atoms with E-state index in [0.717, 1.165) is 11.1 Å². The van der Waals surface area contributed by atoms with Gasteiger partial charge in [0, 0.05) is 0 Å². The third-order valence-electron chi connectivity index (χ3n) is 4.80. The molecule has 0 saturated heterocycles. The van der Waals surface area contributed by atoms with E-state index in [0.29, 0.717) is 5.75 Å². The van der Waals surface area contributed by atoms with Crippen molar-refractivity contribution in [2.24, 2.45) is 0 Å². The van der Waals surface area contributed by atoms with Gasteiger partial charge in [-0.3, -0.25) is 0 Å². The van der Waals surface area contributed by atoms with Gasteiger partial charge in [-0.2, -0.15) is 0 Å². The maximum absolute atomic E-state index is 8.53. The molecule has 32 heavy (non-hydrogen) atoms. The predicted octanol–water partition coefficient (Wildman–Crippen LogP) is 5.69. The summed E-state index contributed by atoms with van der Waals surface area (Å²) in [6, 6.07) is 5.48. The molecule has 0 bridgehead atoms. The summed E-state index contributed by atoms with van der Waals surface area (Å²) in [4.78, 5) is 5.08. The number of benzene rings is 1. The van der Waals surface area contributed by atoms with Crippen LogP contribution < -0.4 is 4.65 Å². The maximum atomic E-state index is 8.53.